The minimum absolute atomic E-state index is 0.185. The quantitative estimate of drug-likeness (QED) is 0.632. The lowest BCUT2D eigenvalue weighted by molar-refractivity contribution is 0.714. The zero-order chi connectivity index (χ0) is 8.55. The summed E-state index contributed by atoms with van der Waals surface area (Å²) < 4.78 is 3.85. The molecule has 0 amide bonds. The normalized spacial score (nSPS) is 22.1. The van der Waals surface area contributed by atoms with Gasteiger partial charge in [0.15, 0.2) is 5.96 Å². The van der Waals surface area contributed by atoms with Crippen molar-refractivity contribution in [1.29, 1.82) is 0 Å². The number of aliphatic imine (C=N–C) groups is 1. The molecule has 1 atom stereocenters. The molecule has 0 aliphatic carbocycles. The molecule has 1 aliphatic rings. The van der Waals surface area contributed by atoms with E-state index in [9.17, 15) is 0 Å². The summed E-state index contributed by atoms with van der Waals surface area (Å²) in [7, 11) is 0. The molecule has 1 aromatic heterocycles. The SMILES string of the molecule is Cc1nnsc1C1CN=C(N)N1. The van der Waals surface area contributed by atoms with Gasteiger partial charge in [0.25, 0.3) is 0 Å². The molecular formula is C6H9N5S. The van der Waals surface area contributed by atoms with E-state index in [1.54, 1.807) is 0 Å². The van der Waals surface area contributed by atoms with Crippen LogP contribution in [0, 0.1) is 6.92 Å². The number of aryl methyl sites for hydroxylation is 1. The van der Waals surface area contributed by atoms with Crippen LogP contribution in [0.1, 0.15) is 16.6 Å². The van der Waals surface area contributed by atoms with Crippen molar-refractivity contribution in [2.75, 3.05) is 6.54 Å². The van der Waals surface area contributed by atoms with E-state index < -0.39 is 0 Å². The molecule has 0 fully saturated rings. The molecule has 1 unspecified atom stereocenters. The predicted molar refractivity (Wildman–Crippen MR) is 47.0 cm³/mol. The van der Waals surface area contributed by atoms with Crippen LogP contribution in [0.5, 0.6) is 0 Å². The van der Waals surface area contributed by atoms with Crippen molar-refractivity contribution in [2.45, 2.75) is 13.0 Å². The number of aromatic nitrogens is 2. The summed E-state index contributed by atoms with van der Waals surface area (Å²) in [5, 5.41) is 6.98. The zero-order valence-corrected chi connectivity index (χ0v) is 7.43. The first-order valence-corrected chi connectivity index (χ1v) is 4.40. The van der Waals surface area contributed by atoms with Crippen LogP contribution in [0.2, 0.25) is 0 Å². The third-order valence-corrected chi connectivity index (χ3v) is 2.71. The lowest BCUT2D eigenvalue weighted by Gasteiger charge is -2.06. The Morgan fingerprint density at radius 3 is 3.00 bits per heavy atom. The van der Waals surface area contributed by atoms with Gasteiger partial charge in [0.2, 0.25) is 0 Å². The van der Waals surface area contributed by atoms with E-state index in [1.807, 2.05) is 6.92 Å². The Labute approximate surface area is 73.9 Å². The van der Waals surface area contributed by atoms with Gasteiger partial charge >= 0.3 is 0 Å². The first kappa shape index (κ1) is 7.48. The minimum Gasteiger partial charge on any atom is -0.370 e. The Morgan fingerprint density at radius 1 is 1.67 bits per heavy atom. The highest BCUT2D eigenvalue weighted by Gasteiger charge is 2.21. The van der Waals surface area contributed by atoms with E-state index >= 15 is 0 Å². The lowest BCUT2D eigenvalue weighted by atomic mass is 10.2. The predicted octanol–water partition coefficient (Wildman–Crippen LogP) is -0.194. The van der Waals surface area contributed by atoms with Crippen molar-refractivity contribution < 1.29 is 0 Å². The Morgan fingerprint density at radius 2 is 2.50 bits per heavy atom. The monoisotopic (exact) mass is 183 g/mol. The van der Waals surface area contributed by atoms with Gasteiger partial charge in [-0.15, -0.1) is 5.10 Å². The van der Waals surface area contributed by atoms with Crippen LogP contribution in [0.3, 0.4) is 0 Å². The van der Waals surface area contributed by atoms with Crippen molar-refractivity contribution in [2.24, 2.45) is 10.7 Å². The van der Waals surface area contributed by atoms with E-state index in [1.165, 1.54) is 11.5 Å². The fourth-order valence-electron chi connectivity index (χ4n) is 1.16. The molecule has 2 heterocycles. The molecule has 0 saturated carbocycles. The van der Waals surface area contributed by atoms with Gasteiger partial charge in [-0.2, -0.15) is 0 Å². The van der Waals surface area contributed by atoms with Crippen molar-refractivity contribution in [3.63, 3.8) is 0 Å². The van der Waals surface area contributed by atoms with Crippen molar-refractivity contribution >= 4 is 17.5 Å². The second kappa shape index (κ2) is 2.71. The highest BCUT2D eigenvalue weighted by atomic mass is 32.1. The first-order valence-electron chi connectivity index (χ1n) is 3.62. The Bertz CT molecular complexity index is 317. The molecule has 2 rings (SSSR count). The van der Waals surface area contributed by atoms with Crippen LogP contribution in [-0.2, 0) is 0 Å². The molecule has 0 radical (unpaired) electrons. The highest BCUT2D eigenvalue weighted by Crippen LogP contribution is 2.21. The maximum atomic E-state index is 5.48. The molecule has 1 aliphatic heterocycles. The fourth-order valence-corrected chi connectivity index (χ4v) is 1.85. The maximum Gasteiger partial charge on any atom is 0.189 e. The second-order valence-electron chi connectivity index (χ2n) is 2.65. The summed E-state index contributed by atoms with van der Waals surface area (Å²) in [4.78, 5) is 5.17. The molecule has 0 saturated heterocycles. The molecule has 5 nitrogen and oxygen atoms in total. The molecule has 0 aromatic carbocycles. The molecule has 12 heavy (non-hydrogen) atoms. The Kier molecular flexibility index (Phi) is 1.69. The van der Waals surface area contributed by atoms with Gasteiger partial charge in [-0.3, -0.25) is 4.99 Å². The molecular weight excluding hydrogens is 174 g/mol. The summed E-state index contributed by atoms with van der Waals surface area (Å²) in [6.45, 7) is 2.63. The van der Waals surface area contributed by atoms with Crippen molar-refractivity contribution in [3.05, 3.63) is 10.6 Å². The van der Waals surface area contributed by atoms with Gasteiger partial charge in [0, 0.05) is 0 Å². The van der Waals surface area contributed by atoms with Crippen LogP contribution < -0.4 is 11.1 Å². The summed E-state index contributed by atoms with van der Waals surface area (Å²) in [5.41, 5.74) is 6.44. The second-order valence-corrected chi connectivity index (χ2v) is 3.43. The third-order valence-electron chi connectivity index (χ3n) is 1.77. The number of nitrogens with two attached hydrogens (primary N) is 1. The standard InChI is InChI=1S/C6H9N5S/c1-3-5(12-11-10-3)4-2-8-6(7)9-4/h4H,2H2,1H3,(H3,7,8,9). The topological polar surface area (TPSA) is 76.2 Å². The summed E-state index contributed by atoms with van der Waals surface area (Å²) in [5.74, 6) is 0.507. The highest BCUT2D eigenvalue weighted by molar-refractivity contribution is 7.05. The number of hydrogen-bond acceptors (Lipinski definition) is 6. The minimum atomic E-state index is 0.185. The smallest absolute Gasteiger partial charge is 0.189 e. The number of nitrogens with zero attached hydrogens (tertiary/aromatic N) is 3. The first-order chi connectivity index (χ1) is 5.77. The molecule has 0 spiro atoms. The van der Waals surface area contributed by atoms with Crippen LogP contribution in [0.25, 0.3) is 0 Å². The van der Waals surface area contributed by atoms with E-state index in [0.29, 0.717) is 12.5 Å². The van der Waals surface area contributed by atoms with Crippen LogP contribution in [-0.4, -0.2) is 22.1 Å². The third kappa shape index (κ3) is 1.14. The molecule has 1 aromatic rings. The van der Waals surface area contributed by atoms with Gasteiger partial charge < -0.3 is 11.1 Å². The van der Waals surface area contributed by atoms with E-state index in [2.05, 4.69) is 19.9 Å². The molecule has 0 bridgehead atoms. The van der Waals surface area contributed by atoms with Crippen molar-refractivity contribution in [1.82, 2.24) is 14.9 Å². The van der Waals surface area contributed by atoms with Gasteiger partial charge in [0.05, 0.1) is 23.2 Å². The van der Waals surface area contributed by atoms with Gasteiger partial charge in [-0.1, -0.05) is 4.49 Å². The molecule has 6 heteroatoms. The van der Waals surface area contributed by atoms with E-state index in [-0.39, 0.29) is 6.04 Å². The van der Waals surface area contributed by atoms with Crippen LogP contribution in [0.15, 0.2) is 4.99 Å². The van der Waals surface area contributed by atoms with Gasteiger partial charge in [-0.25, -0.2) is 0 Å². The Balaban J connectivity index is 2.18. The average molecular weight is 183 g/mol. The Hall–Kier alpha value is -1.17. The summed E-state index contributed by atoms with van der Waals surface area (Å²) in [6.07, 6.45) is 0. The molecule has 3 N–H and O–H groups in total. The van der Waals surface area contributed by atoms with Gasteiger partial charge in [0.1, 0.15) is 0 Å². The number of rotatable bonds is 1. The van der Waals surface area contributed by atoms with Gasteiger partial charge in [-0.05, 0) is 18.5 Å². The zero-order valence-electron chi connectivity index (χ0n) is 6.61. The van der Waals surface area contributed by atoms with Crippen molar-refractivity contribution in [3.8, 4) is 0 Å². The lowest BCUT2D eigenvalue weighted by Crippen LogP contribution is -2.29. The average Bonchev–Trinajstić information content (AvgIpc) is 2.58. The fraction of sp³-hybridized carbons (Fsp3) is 0.500. The number of guanidine groups is 1. The largest absolute Gasteiger partial charge is 0.370 e. The summed E-state index contributed by atoms with van der Waals surface area (Å²) >= 11 is 1.40. The van der Waals surface area contributed by atoms with E-state index in [0.717, 1.165) is 10.6 Å². The van der Waals surface area contributed by atoms with Crippen LogP contribution in [0.4, 0.5) is 0 Å². The molecule has 64 valence electrons. The number of hydrogen-bond donors (Lipinski definition) is 2. The summed E-state index contributed by atoms with van der Waals surface area (Å²) in [6, 6.07) is 0.185. The van der Waals surface area contributed by atoms with E-state index in [4.69, 9.17) is 5.73 Å². The van der Waals surface area contributed by atoms with Crippen LogP contribution >= 0.6 is 11.5 Å². The number of nitrogens with one attached hydrogen (secondary N) is 1. The maximum absolute atomic E-state index is 5.48.